The number of piperidine rings is 1. The van der Waals surface area contributed by atoms with Crippen LogP contribution in [0.4, 0.5) is 0 Å². The molecule has 1 aliphatic heterocycles. The van der Waals surface area contributed by atoms with Crippen molar-refractivity contribution < 1.29 is 9.59 Å². The number of carbonyl (C=O) groups is 2. The van der Waals surface area contributed by atoms with Gasteiger partial charge >= 0.3 is 0 Å². The lowest BCUT2D eigenvalue weighted by Crippen LogP contribution is -2.51. The van der Waals surface area contributed by atoms with E-state index in [0.717, 1.165) is 25.7 Å². The summed E-state index contributed by atoms with van der Waals surface area (Å²) < 4.78 is 0. The van der Waals surface area contributed by atoms with Gasteiger partial charge in [-0.15, -0.1) is 0 Å². The Hall–Kier alpha value is -1.10. The Morgan fingerprint density at radius 2 is 1.65 bits per heavy atom. The minimum absolute atomic E-state index is 0.0799. The molecule has 4 N–H and O–H groups in total. The first-order chi connectivity index (χ1) is 9.50. The second-order valence-electron chi connectivity index (χ2n) is 5.95. The largest absolute Gasteiger partial charge is 0.369 e. The summed E-state index contributed by atoms with van der Waals surface area (Å²) in [5.41, 5.74) is 10.9. The highest BCUT2D eigenvalue weighted by molar-refractivity contribution is 5.83. The summed E-state index contributed by atoms with van der Waals surface area (Å²) in [6.07, 6.45) is 4.96. The molecule has 0 aromatic rings. The van der Waals surface area contributed by atoms with Crippen molar-refractivity contribution in [1.82, 2.24) is 4.90 Å². The van der Waals surface area contributed by atoms with E-state index in [0.29, 0.717) is 32.5 Å². The summed E-state index contributed by atoms with van der Waals surface area (Å²) in [7, 11) is 0. The molecule has 0 aliphatic carbocycles. The summed E-state index contributed by atoms with van der Waals surface area (Å²) in [5.74, 6) is -0.153. The average molecular weight is 283 g/mol. The normalized spacial score (nSPS) is 17.2. The number of likely N-dealkylation sites (tertiary alicyclic amines) is 1. The number of nitrogens with zero attached hydrogens (tertiary/aromatic N) is 1. The number of carbonyl (C=O) groups excluding carboxylic acids is 2. The van der Waals surface area contributed by atoms with Crippen LogP contribution in [0.5, 0.6) is 0 Å². The minimum Gasteiger partial charge on any atom is -0.369 e. The highest BCUT2D eigenvalue weighted by Gasteiger charge is 2.39. The van der Waals surface area contributed by atoms with Gasteiger partial charge in [-0.3, -0.25) is 9.59 Å². The molecule has 5 heteroatoms. The van der Waals surface area contributed by atoms with Gasteiger partial charge in [-0.05, 0) is 25.7 Å². The Labute approximate surface area is 122 Å². The maximum Gasteiger partial charge on any atom is 0.230 e. The molecule has 2 amide bonds. The predicted molar refractivity (Wildman–Crippen MR) is 79.8 cm³/mol. The molecule has 1 heterocycles. The summed E-state index contributed by atoms with van der Waals surface area (Å²) in [4.78, 5) is 25.9. The molecule has 1 fully saturated rings. The van der Waals surface area contributed by atoms with Crippen LogP contribution in [0.15, 0.2) is 0 Å². The zero-order valence-electron chi connectivity index (χ0n) is 12.9. The van der Waals surface area contributed by atoms with E-state index in [1.165, 1.54) is 0 Å². The number of amides is 2. The molecule has 1 rings (SSSR count). The van der Waals surface area contributed by atoms with E-state index in [4.69, 9.17) is 11.5 Å². The van der Waals surface area contributed by atoms with E-state index in [2.05, 4.69) is 13.8 Å². The standard InChI is InChI=1S/C15H29N3O2/c1-3-7-15(11-16,8-4-2)14(20)18-9-5-12(6-10-18)13(17)19/h12H,3-11,16H2,1-2H3,(H2,17,19). The van der Waals surface area contributed by atoms with E-state index in [-0.39, 0.29) is 17.7 Å². The van der Waals surface area contributed by atoms with Gasteiger partial charge in [-0.25, -0.2) is 0 Å². The summed E-state index contributed by atoms with van der Waals surface area (Å²) >= 11 is 0. The van der Waals surface area contributed by atoms with E-state index >= 15 is 0 Å². The average Bonchev–Trinajstić information content (AvgIpc) is 2.46. The molecule has 1 saturated heterocycles. The van der Waals surface area contributed by atoms with Crippen molar-refractivity contribution in [2.45, 2.75) is 52.4 Å². The van der Waals surface area contributed by atoms with Crippen LogP contribution >= 0.6 is 0 Å². The number of primary amides is 1. The highest BCUT2D eigenvalue weighted by atomic mass is 16.2. The summed E-state index contributed by atoms with van der Waals surface area (Å²) in [5, 5.41) is 0. The lowest BCUT2D eigenvalue weighted by Gasteiger charge is -2.39. The van der Waals surface area contributed by atoms with Crippen LogP contribution in [-0.4, -0.2) is 36.3 Å². The van der Waals surface area contributed by atoms with Gasteiger partial charge in [0.2, 0.25) is 11.8 Å². The molecule has 0 atom stereocenters. The fourth-order valence-corrected chi connectivity index (χ4v) is 3.29. The molecule has 0 bridgehead atoms. The SMILES string of the molecule is CCCC(CN)(CCC)C(=O)N1CCC(C(N)=O)CC1. The Kier molecular flexibility index (Phi) is 6.46. The first kappa shape index (κ1) is 17.0. The number of nitrogens with two attached hydrogens (primary N) is 2. The molecule has 0 saturated carbocycles. The fourth-order valence-electron chi connectivity index (χ4n) is 3.29. The smallest absolute Gasteiger partial charge is 0.230 e. The Bertz CT molecular complexity index is 330. The van der Waals surface area contributed by atoms with Gasteiger partial charge in [0, 0.05) is 25.6 Å². The maximum atomic E-state index is 12.8. The number of rotatable bonds is 7. The lowest BCUT2D eigenvalue weighted by atomic mass is 9.77. The van der Waals surface area contributed by atoms with Gasteiger partial charge in [-0.2, -0.15) is 0 Å². The molecule has 0 spiro atoms. The van der Waals surface area contributed by atoms with Gasteiger partial charge in [0.05, 0.1) is 5.41 Å². The van der Waals surface area contributed by atoms with Crippen LogP contribution in [0.25, 0.3) is 0 Å². The third-order valence-corrected chi connectivity index (χ3v) is 4.49. The third-order valence-electron chi connectivity index (χ3n) is 4.49. The molecular weight excluding hydrogens is 254 g/mol. The quantitative estimate of drug-likeness (QED) is 0.737. The zero-order valence-corrected chi connectivity index (χ0v) is 12.9. The van der Waals surface area contributed by atoms with E-state index in [1.807, 2.05) is 4.90 Å². The summed E-state index contributed by atoms with van der Waals surface area (Å²) in [6.45, 7) is 5.84. The van der Waals surface area contributed by atoms with E-state index in [1.54, 1.807) is 0 Å². The fraction of sp³-hybridized carbons (Fsp3) is 0.867. The van der Waals surface area contributed by atoms with Crippen molar-refractivity contribution in [2.75, 3.05) is 19.6 Å². The van der Waals surface area contributed by atoms with Gasteiger partial charge in [0.1, 0.15) is 0 Å². The van der Waals surface area contributed by atoms with Gasteiger partial charge in [-0.1, -0.05) is 26.7 Å². The number of hydrogen-bond acceptors (Lipinski definition) is 3. The van der Waals surface area contributed by atoms with Crippen molar-refractivity contribution >= 4 is 11.8 Å². The lowest BCUT2D eigenvalue weighted by molar-refractivity contribution is -0.145. The van der Waals surface area contributed by atoms with Crippen molar-refractivity contribution in [3.63, 3.8) is 0 Å². The highest BCUT2D eigenvalue weighted by Crippen LogP contribution is 2.32. The monoisotopic (exact) mass is 283 g/mol. The van der Waals surface area contributed by atoms with Crippen molar-refractivity contribution in [2.24, 2.45) is 22.8 Å². The van der Waals surface area contributed by atoms with Crippen LogP contribution in [0.2, 0.25) is 0 Å². The molecule has 5 nitrogen and oxygen atoms in total. The molecule has 1 aliphatic rings. The molecule has 0 unspecified atom stereocenters. The van der Waals surface area contributed by atoms with Crippen molar-refractivity contribution in [3.8, 4) is 0 Å². The second kappa shape index (κ2) is 7.62. The van der Waals surface area contributed by atoms with Crippen LogP contribution < -0.4 is 11.5 Å². The Balaban J connectivity index is 2.73. The summed E-state index contributed by atoms with van der Waals surface area (Å²) in [6, 6.07) is 0. The van der Waals surface area contributed by atoms with Crippen LogP contribution in [0, 0.1) is 11.3 Å². The van der Waals surface area contributed by atoms with Crippen LogP contribution in [0.3, 0.4) is 0 Å². The van der Waals surface area contributed by atoms with Crippen LogP contribution in [-0.2, 0) is 9.59 Å². The van der Waals surface area contributed by atoms with Crippen molar-refractivity contribution in [1.29, 1.82) is 0 Å². The topological polar surface area (TPSA) is 89.4 Å². The predicted octanol–water partition coefficient (Wildman–Crippen LogP) is 1.26. The van der Waals surface area contributed by atoms with Gasteiger partial charge in [0.25, 0.3) is 0 Å². The zero-order chi connectivity index (χ0) is 15.2. The first-order valence-corrected chi connectivity index (χ1v) is 7.79. The maximum absolute atomic E-state index is 12.8. The molecule has 0 aromatic heterocycles. The molecular formula is C15H29N3O2. The second-order valence-corrected chi connectivity index (χ2v) is 5.95. The van der Waals surface area contributed by atoms with E-state index < -0.39 is 5.41 Å². The van der Waals surface area contributed by atoms with Gasteiger partial charge in [0.15, 0.2) is 0 Å². The Morgan fingerprint density at radius 1 is 1.15 bits per heavy atom. The molecule has 0 aromatic carbocycles. The van der Waals surface area contributed by atoms with Crippen molar-refractivity contribution in [3.05, 3.63) is 0 Å². The molecule has 116 valence electrons. The van der Waals surface area contributed by atoms with Crippen LogP contribution in [0.1, 0.15) is 52.4 Å². The van der Waals surface area contributed by atoms with Gasteiger partial charge < -0.3 is 16.4 Å². The molecule has 0 radical (unpaired) electrons. The number of hydrogen-bond donors (Lipinski definition) is 2. The Morgan fingerprint density at radius 3 is 2.00 bits per heavy atom. The van der Waals surface area contributed by atoms with E-state index in [9.17, 15) is 9.59 Å². The third kappa shape index (κ3) is 3.72. The molecule has 20 heavy (non-hydrogen) atoms. The first-order valence-electron chi connectivity index (χ1n) is 7.79. The minimum atomic E-state index is -0.414.